The smallest absolute Gasteiger partial charge is 0.251 e. The molecule has 1 saturated heterocycles. The number of carbonyl (C=O) groups is 2. The van der Waals surface area contributed by atoms with Crippen LogP contribution in [-0.2, 0) is 16.1 Å². The Morgan fingerprint density at radius 2 is 1.90 bits per heavy atom. The van der Waals surface area contributed by atoms with Gasteiger partial charge in [-0.15, -0.1) is 0 Å². The third kappa shape index (κ3) is 4.34. The van der Waals surface area contributed by atoms with Gasteiger partial charge in [0.1, 0.15) is 6.54 Å². The number of carbonyl (C=O) groups excluding carboxylic acids is 2. The van der Waals surface area contributed by atoms with Crippen molar-refractivity contribution < 1.29 is 9.59 Å². The van der Waals surface area contributed by atoms with Crippen molar-refractivity contribution in [1.82, 2.24) is 14.8 Å². The van der Waals surface area contributed by atoms with E-state index >= 15 is 0 Å². The molecule has 114 valence electrons. The van der Waals surface area contributed by atoms with Gasteiger partial charge in [-0.3, -0.25) is 14.4 Å². The van der Waals surface area contributed by atoms with Gasteiger partial charge in [0.25, 0.3) is 5.56 Å². The van der Waals surface area contributed by atoms with E-state index in [1.54, 1.807) is 4.90 Å². The summed E-state index contributed by atoms with van der Waals surface area (Å²) < 4.78 is 1.22. The fraction of sp³-hybridized carbons (Fsp3) is 0.500. The number of nitrogens with zero attached hydrogens (tertiary/aromatic N) is 2. The average Bonchev–Trinajstić information content (AvgIpc) is 2.49. The van der Waals surface area contributed by atoms with Crippen molar-refractivity contribution in [2.45, 2.75) is 25.8 Å². The van der Waals surface area contributed by atoms with E-state index < -0.39 is 0 Å². The molecule has 3 N–H and O–H groups in total. The third-order valence-electron chi connectivity index (χ3n) is 3.47. The number of likely N-dealkylation sites (tertiary alicyclic amines) is 1. The van der Waals surface area contributed by atoms with Gasteiger partial charge in [-0.05, 0) is 25.3 Å². The molecule has 1 aromatic rings. The van der Waals surface area contributed by atoms with Gasteiger partial charge in [0.15, 0.2) is 0 Å². The summed E-state index contributed by atoms with van der Waals surface area (Å²) in [4.78, 5) is 37.0. The highest BCUT2D eigenvalue weighted by Crippen LogP contribution is 2.08. The van der Waals surface area contributed by atoms with Crippen LogP contribution in [0.4, 0.5) is 5.69 Å². The Morgan fingerprint density at radius 1 is 1.19 bits per heavy atom. The number of aromatic nitrogens is 1. The zero-order chi connectivity index (χ0) is 15.2. The number of nitrogens with one attached hydrogen (secondary N) is 1. The Balaban J connectivity index is 1.83. The van der Waals surface area contributed by atoms with Gasteiger partial charge in [0.05, 0.1) is 6.54 Å². The van der Waals surface area contributed by atoms with Gasteiger partial charge < -0.3 is 20.5 Å². The molecule has 0 radical (unpaired) electrons. The van der Waals surface area contributed by atoms with Crippen LogP contribution in [0.25, 0.3) is 0 Å². The van der Waals surface area contributed by atoms with E-state index in [4.69, 9.17) is 5.73 Å². The van der Waals surface area contributed by atoms with Crippen LogP contribution in [0.3, 0.4) is 0 Å². The number of amides is 2. The minimum atomic E-state index is -0.381. The molecule has 0 aliphatic carbocycles. The molecule has 0 saturated carbocycles. The summed E-state index contributed by atoms with van der Waals surface area (Å²) in [7, 11) is 0. The van der Waals surface area contributed by atoms with Crippen LogP contribution >= 0.6 is 0 Å². The average molecular weight is 292 g/mol. The number of anilines is 1. The number of hydrogen-bond donors (Lipinski definition) is 2. The van der Waals surface area contributed by atoms with Crippen LogP contribution in [0.1, 0.15) is 19.3 Å². The lowest BCUT2D eigenvalue weighted by Gasteiger charge is -2.26. The van der Waals surface area contributed by atoms with Gasteiger partial charge in [0, 0.05) is 31.0 Å². The van der Waals surface area contributed by atoms with Crippen molar-refractivity contribution in [3.63, 3.8) is 0 Å². The lowest BCUT2D eigenvalue weighted by molar-refractivity contribution is -0.133. The summed E-state index contributed by atoms with van der Waals surface area (Å²) in [6.45, 7) is 1.33. The van der Waals surface area contributed by atoms with E-state index in [1.165, 1.54) is 22.9 Å². The van der Waals surface area contributed by atoms with Crippen LogP contribution in [-0.4, -0.2) is 40.9 Å². The first-order chi connectivity index (χ1) is 10.1. The Labute approximate surface area is 122 Å². The Bertz CT molecular complexity index is 576. The molecule has 1 fully saturated rings. The molecule has 7 nitrogen and oxygen atoms in total. The van der Waals surface area contributed by atoms with E-state index in [1.807, 2.05) is 0 Å². The lowest BCUT2D eigenvalue weighted by atomic mass is 10.1. The quantitative estimate of drug-likeness (QED) is 0.786. The molecule has 2 amide bonds. The van der Waals surface area contributed by atoms with Crippen molar-refractivity contribution in [2.24, 2.45) is 0 Å². The molecular formula is C14H20N4O3. The number of piperidine rings is 1. The minimum absolute atomic E-state index is 0.0318. The lowest BCUT2D eigenvalue weighted by Crippen LogP contribution is -2.43. The van der Waals surface area contributed by atoms with E-state index in [0.717, 1.165) is 32.4 Å². The zero-order valence-electron chi connectivity index (χ0n) is 11.9. The molecule has 0 atom stereocenters. The molecule has 21 heavy (non-hydrogen) atoms. The normalized spacial score (nSPS) is 14.8. The Kier molecular flexibility index (Phi) is 4.97. The Morgan fingerprint density at radius 3 is 2.62 bits per heavy atom. The maximum Gasteiger partial charge on any atom is 0.251 e. The van der Waals surface area contributed by atoms with Crippen LogP contribution < -0.4 is 16.6 Å². The number of nitrogens with two attached hydrogens (primary N) is 1. The van der Waals surface area contributed by atoms with Crippen molar-refractivity contribution in [1.29, 1.82) is 0 Å². The second-order valence-electron chi connectivity index (χ2n) is 5.15. The fourth-order valence-electron chi connectivity index (χ4n) is 2.31. The molecule has 1 aromatic heterocycles. The summed E-state index contributed by atoms with van der Waals surface area (Å²) >= 11 is 0. The first kappa shape index (κ1) is 15.1. The second-order valence-corrected chi connectivity index (χ2v) is 5.15. The van der Waals surface area contributed by atoms with E-state index in [9.17, 15) is 14.4 Å². The molecule has 1 aliphatic heterocycles. The molecule has 0 spiro atoms. The predicted molar refractivity (Wildman–Crippen MR) is 78.6 cm³/mol. The maximum absolute atomic E-state index is 11.9. The monoisotopic (exact) mass is 292 g/mol. The molecule has 0 bridgehead atoms. The number of hydrogen-bond acceptors (Lipinski definition) is 4. The molecule has 7 heteroatoms. The summed E-state index contributed by atoms with van der Waals surface area (Å²) in [5, 5.41) is 2.54. The van der Waals surface area contributed by atoms with Gasteiger partial charge >= 0.3 is 0 Å². The van der Waals surface area contributed by atoms with Crippen molar-refractivity contribution in [3.05, 3.63) is 28.7 Å². The summed E-state index contributed by atoms with van der Waals surface area (Å²) in [5.74, 6) is -0.462. The van der Waals surface area contributed by atoms with Crippen molar-refractivity contribution in [2.75, 3.05) is 25.4 Å². The van der Waals surface area contributed by atoms with Gasteiger partial charge in [-0.2, -0.15) is 0 Å². The van der Waals surface area contributed by atoms with E-state index in [-0.39, 0.29) is 30.5 Å². The standard InChI is InChI=1S/C14H20N4O3/c15-11-4-5-13(20)18(9-11)10-12(19)16-8-14(21)17-6-2-1-3-7-17/h4-5,9H,1-3,6-8,10,15H2,(H,16,19). The molecule has 2 rings (SSSR count). The first-order valence-corrected chi connectivity index (χ1v) is 7.07. The van der Waals surface area contributed by atoms with Gasteiger partial charge in [-0.25, -0.2) is 0 Å². The van der Waals surface area contributed by atoms with Gasteiger partial charge in [0.2, 0.25) is 11.8 Å². The highest BCUT2D eigenvalue weighted by Gasteiger charge is 2.16. The van der Waals surface area contributed by atoms with Crippen LogP contribution in [0.5, 0.6) is 0 Å². The van der Waals surface area contributed by atoms with E-state index in [2.05, 4.69) is 5.32 Å². The highest BCUT2D eigenvalue weighted by molar-refractivity contribution is 5.84. The molecule has 0 unspecified atom stereocenters. The largest absolute Gasteiger partial charge is 0.398 e. The van der Waals surface area contributed by atoms with Crippen LogP contribution in [0, 0.1) is 0 Å². The number of nitrogen functional groups attached to an aromatic ring is 1. The highest BCUT2D eigenvalue weighted by atomic mass is 16.2. The van der Waals surface area contributed by atoms with Crippen molar-refractivity contribution in [3.8, 4) is 0 Å². The molecular weight excluding hydrogens is 272 g/mol. The maximum atomic E-state index is 11.9. The molecule has 1 aliphatic rings. The fourth-order valence-corrected chi connectivity index (χ4v) is 2.31. The zero-order valence-corrected chi connectivity index (χ0v) is 11.9. The second kappa shape index (κ2) is 6.92. The number of pyridine rings is 1. The van der Waals surface area contributed by atoms with Crippen LogP contribution in [0.2, 0.25) is 0 Å². The summed E-state index contributed by atoms with van der Waals surface area (Å²) in [6.07, 6.45) is 4.58. The van der Waals surface area contributed by atoms with E-state index in [0.29, 0.717) is 5.69 Å². The topological polar surface area (TPSA) is 97.4 Å². The predicted octanol–water partition coefficient (Wildman–Crippen LogP) is -0.441. The first-order valence-electron chi connectivity index (χ1n) is 7.07. The summed E-state index contributed by atoms with van der Waals surface area (Å²) in [6, 6.07) is 2.79. The SMILES string of the molecule is Nc1ccc(=O)n(CC(=O)NCC(=O)N2CCCCC2)c1. The summed E-state index contributed by atoms with van der Waals surface area (Å²) in [5.41, 5.74) is 5.68. The van der Waals surface area contributed by atoms with Gasteiger partial charge in [-0.1, -0.05) is 0 Å². The minimum Gasteiger partial charge on any atom is -0.398 e. The Hall–Kier alpha value is -2.31. The van der Waals surface area contributed by atoms with Crippen molar-refractivity contribution >= 4 is 17.5 Å². The molecule has 0 aromatic carbocycles. The third-order valence-corrected chi connectivity index (χ3v) is 3.47. The molecule has 2 heterocycles. The van der Waals surface area contributed by atoms with Crippen LogP contribution in [0.15, 0.2) is 23.1 Å². The number of rotatable bonds is 4.